The van der Waals surface area contributed by atoms with E-state index in [1.54, 1.807) is 30.3 Å². The van der Waals surface area contributed by atoms with E-state index in [1.165, 1.54) is 30.3 Å². The highest BCUT2D eigenvalue weighted by Crippen LogP contribution is 2.32. The molecule has 3 aromatic rings. The number of nitro benzene ring substituents is 1. The van der Waals surface area contributed by atoms with Gasteiger partial charge in [0.15, 0.2) is 11.6 Å². The molecule has 0 saturated carbocycles. The summed E-state index contributed by atoms with van der Waals surface area (Å²) in [6.45, 7) is -0.00204. The minimum atomic E-state index is -1.12. The third-order valence-electron chi connectivity index (χ3n) is 4.91. The van der Waals surface area contributed by atoms with E-state index in [2.05, 4.69) is 5.32 Å². The summed E-state index contributed by atoms with van der Waals surface area (Å²) in [4.78, 5) is 37.7. The number of halogens is 2. The first-order valence-electron chi connectivity index (χ1n) is 9.46. The highest BCUT2D eigenvalue weighted by molar-refractivity contribution is 6.36. The number of nitro groups is 1. The van der Waals surface area contributed by atoms with Gasteiger partial charge in [-0.2, -0.15) is 0 Å². The number of anilines is 1. The van der Waals surface area contributed by atoms with Crippen LogP contribution in [0.4, 0.5) is 20.2 Å². The first-order valence-corrected chi connectivity index (χ1v) is 9.46. The molecule has 32 heavy (non-hydrogen) atoms. The summed E-state index contributed by atoms with van der Waals surface area (Å²) >= 11 is 0. The van der Waals surface area contributed by atoms with Crippen LogP contribution in [0, 0.1) is 21.7 Å². The van der Waals surface area contributed by atoms with Crippen molar-refractivity contribution in [3.05, 3.63) is 111 Å². The van der Waals surface area contributed by atoms with Gasteiger partial charge < -0.3 is 5.32 Å². The van der Waals surface area contributed by atoms with Crippen LogP contribution in [0.25, 0.3) is 5.57 Å². The molecule has 1 N–H and O–H groups in total. The van der Waals surface area contributed by atoms with Gasteiger partial charge in [0.2, 0.25) is 0 Å². The molecule has 0 fully saturated rings. The zero-order valence-electron chi connectivity index (χ0n) is 16.4. The normalized spacial score (nSPS) is 13.6. The van der Waals surface area contributed by atoms with Crippen LogP contribution in [0.2, 0.25) is 0 Å². The number of hydrogen-bond acceptors (Lipinski definition) is 5. The molecule has 1 aliphatic heterocycles. The second-order valence-corrected chi connectivity index (χ2v) is 6.99. The zero-order chi connectivity index (χ0) is 22.8. The summed E-state index contributed by atoms with van der Waals surface area (Å²) in [6, 6.07) is 17.0. The van der Waals surface area contributed by atoms with Crippen molar-refractivity contribution >= 4 is 28.8 Å². The third kappa shape index (κ3) is 3.95. The Balaban J connectivity index is 1.76. The molecule has 1 heterocycles. The molecule has 0 aliphatic carbocycles. The zero-order valence-corrected chi connectivity index (χ0v) is 16.4. The summed E-state index contributed by atoms with van der Waals surface area (Å²) in [5.74, 6) is -3.44. The van der Waals surface area contributed by atoms with E-state index in [9.17, 15) is 28.5 Å². The fraction of sp³-hybridized carbons (Fsp3) is 0.0435. The monoisotopic (exact) mass is 435 g/mol. The van der Waals surface area contributed by atoms with Gasteiger partial charge in [-0.25, -0.2) is 8.78 Å². The van der Waals surface area contributed by atoms with E-state index < -0.39 is 28.4 Å². The van der Waals surface area contributed by atoms with Crippen LogP contribution < -0.4 is 5.32 Å². The Morgan fingerprint density at radius 2 is 1.56 bits per heavy atom. The SMILES string of the molecule is O=C1C(Nc2ccc(F)c(F)c2)=C(c2ccc([N+](=O)[O-])cc2)C(=O)N1Cc1ccccc1. The van der Waals surface area contributed by atoms with Gasteiger partial charge in [-0.05, 0) is 35.4 Å². The van der Waals surface area contributed by atoms with E-state index in [4.69, 9.17) is 0 Å². The minimum Gasteiger partial charge on any atom is -0.350 e. The maximum absolute atomic E-state index is 13.7. The maximum atomic E-state index is 13.7. The smallest absolute Gasteiger partial charge is 0.278 e. The predicted octanol–water partition coefficient (Wildman–Crippen LogP) is 4.27. The van der Waals surface area contributed by atoms with Crippen LogP contribution in [0.15, 0.2) is 78.5 Å². The van der Waals surface area contributed by atoms with Gasteiger partial charge in [-0.1, -0.05) is 30.3 Å². The minimum absolute atomic E-state index is 0.00204. The molecule has 0 spiro atoms. The lowest BCUT2D eigenvalue weighted by Crippen LogP contribution is -2.32. The summed E-state index contributed by atoms with van der Waals surface area (Å²) in [6.07, 6.45) is 0. The van der Waals surface area contributed by atoms with E-state index in [-0.39, 0.29) is 34.8 Å². The molecule has 2 amide bonds. The Morgan fingerprint density at radius 1 is 0.875 bits per heavy atom. The van der Waals surface area contributed by atoms with Crippen LogP contribution in [-0.2, 0) is 16.1 Å². The van der Waals surface area contributed by atoms with Crippen molar-refractivity contribution in [2.75, 3.05) is 5.32 Å². The Hall–Kier alpha value is -4.40. The third-order valence-corrected chi connectivity index (χ3v) is 4.91. The van der Waals surface area contributed by atoms with Crippen LogP contribution in [-0.4, -0.2) is 21.6 Å². The van der Waals surface area contributed by atoms with Gasteiger partial charge >= 0.3 is 0 Å². The second kappa shape index (κ2) is 8.38. The Kier molecular flexibility index (Phi) is 5.46. The van der Waals surface area contributed by atoms with Crippen LogP contribution >= 0.6 is 0 Å². The standard InChI is InChI=1S/C23H15F2N3O4/c24-18-11-8-16(12-19(18)25)26-21-20(15-6-9-17(10-7-15)28(31)32)22(29)27(23(21)30)13-14-4-2-1-3-5-14/h1-12,26H,13H2. The van der Waals surface area contributed by atoms with Gasteiger partial charge in [-0.3, -0.25) is 24.6 Å². The Bertz CT molecular complexity index is 1260. The predicted molar refractivity (Wildman–Crippen MR) is 112 cm³/mol. The van der Waals surface area contributed by atoms with Gasteiger partial charge in [0, 0.05) is 23.9 Å². The number of nitrogens with zero attached hydrogens (tertiary/aromatic N) is 2. The van der Waals surface area contributed by atoms with Crippen LogP contribution in [0.5, 0.6) is 0 Å². The van der Waals surface area contributed by atoms with Crippen molar-refractivity contribution in [2.24, 2.45) is 0 Å². The number of amides is 2. The molecular formula is C23H15F2N3O4. The molecule has 0 unspecified atom stereocenters. The lowest BCUT2D eigenvalue weighted by Gasteiger charge is -2.15. The first kappa shape index (κ1) is 20.9. The molecule has 0 bridgehead atoms. The number of nitrogens with one attached hydrogen (secondary N) is 1. The van der Waals surface area contributed by atoms with E-state index in [0.29, 0.717) is 5.56 Å². The van der Waals surface area contributed by atoms with Gasteiger partial charge in [0.25, 0.3) is 17.5 Å². The van der Waals surface area contributed by atoms with Crippen molar-refractivity contribution in [1.29, 1.82) is 0 Å². The van der Waals surface area contributed by atoms with Gasteiger partial charge in [0.05, 0.1) is 17.0 Å². The maximum Gasteiger partial charge on any atom is 0.278 e. The molecule has 160 valence electrons. The molecular weight excluding hydrogens is 420 g/mol. The van der Waals surface area contributed by atoms with Gasteiger partial charge in [-0.15, -0.1) is 0 Å². The molecule has 0 radical (unpaired) electrons. The highest BCUT2D eigenvalue weighted by atomic mass is 19.2. The number of rotatable bonds is 6. The van der Waals surface area contributed by atoms with Crippen molar-refractivity contribution in [3.8, 4) is 0 Å². The van der Waals surface area contributed by atoms with Crippen LogP contribution in [0.3, 0.4) is 0 Å². The number of non-ortho nitro benzene ring substituents is 1. The van der Waals surface area contributed by atoms with Crippen molar-refractivity contribution < 1.29 is 23.3 Å². The summed E-state index contributed by atoms with van der Waals surface area (Å²) in [7, 11) is 0. The molecule has 0 aromatic heterocycles. The largest absolute Gasteiger partial charge is 0.350 e. The summed E-state index contributed by atoms with van der Waals surface area (Å²) in [5, 5.41) is 13.7. The molecule has 9 heteroatoms. The summed E-state index contributed by atoms with van der Waals surface area (Å²) in [5.41, 5.74) is 0.723. The number of carbonyl (C=O) groups is 2. The molecule has 0 atom stereocenters. The topological polar surface area (TPSA) is 92.5 Å². The molecule has 0 saturated heterocycles. The second-order valence-electron chi connectivity index (χ2n) is 6.99. The summed E-state index contributed by atoms with van der Waals surface area (Å²) < 4.78 is 27.0. The number of benzene rings is 3. The van der Waals surface area contributed by atoms with E-state index >= 15 is 0 Å². The van der Waals surface area contributed by atoms with Crippen LogP contribution in [0.1, 0.15) is 11.1 Å². The van der Waals surface area contributed by atoms with Crippen molar-refractivity contribution in [2.45, 2.75) is 6.54 Å². The number of hydrogen-bond donors (Lipinski definition) is 1. The van der Waals surface area contributed by atoms with Gasteiger partial charge in [0.1, 0.15) is 5.70 Å². The molecule has 7 nitrogen and oxygen atoms in total. The fourth-order valence-corrected chi connectivity index (χ4v) is 3.34. The number of imide groups is 1. The number of carbonyl (C=O) groups excluding carboxylic acids is 2. The quantitative estimate of drug-likeness (QED) is 0.355. The fourth-order valence-electron chi connectivity index (χ4n) is 3.34. The lowest BCUT2D eigenvalue weighted by atomic mass is 10.0. The lowest BCUT2D eigenvalue weighted by molar-refractivity contribution is -0.384. The average molecular weight is 435 g/mol. The van der Waals surface area contributed by atoms with E-state index in [0.717, 1.165) is 17.0 Å². The van der Waals surface area contributed by atoms with E-state index in [1.807, 2.05) is 0 Å². The van der Waals surface area contributed by atoms with Crippen molar-refractivity contribution in [3.63, 3.8) is 0 Å². The average Bonchev–Trinajstić information content (AvgIpc) is 3.01. The molecule has 1 aliphatic rings. The Labute approximate surface area is 180 Å². The highest BCUT2D eigenvalue weighted by Gasteiger charge is 2.39. The van der Waals surface area contributed by atoms with Crippen molar-refractivity contribution in [1.82, 2.24) is 4.90 Å². The first-order chi connectivity index (χ1) is 15.3. The molecule has 4 rings (SSSR count). The molecule has 3 aromatic carbocycles. The Morgan fingerprint density at radius 3 is 2.19 bits per heavy atom.